The van der Waals surface area contributed by atoms with Crippen LogP contribution in [-0.4, -0.2) is 47.7 Å². The predicted molar refractivity (Wildman–Crippen MR) is 73.2 cm³/mol. The summed E-state index contributed by atoms with van der Waals surface area (Å²) in [5.74, 6) is 0.534. The van der Waals surface area contributed by atoms with E-state index in [0.717, 1.165) is 44.6 Å². The summed E-state index contributed by atoms with van der Waals surface area (Å²) < 4.78 is 5.24. The van der Waals surface area contributed by atoms with Gasteiger partial charge in [-0.25, -0.2) is 0 Å². The molecule has 5 nitrogen and oxygen atoms in total. The molecule has 6 heteroatoms. The first-order chi connectivity index (χ1) is 9.10. The molecule has 1 heterocycles. The lowest BCUT2D eigenvalue weighted by Gasteiger charge is -2.23. The summed E-state index contributed by atoms with van der Waals surface area (Å²) in [5, 5.41) is 11.8. The lowest BCUT2D eigenvalue weighted by Crippen LogP contribution is -2.39. The fourth-order valence-electron chi connectivity index (χ4n) is 2.34. The maximum Gasteiger partial charge on any atom is 0.303 e. The Kier molecular flexibility index (Phi) is 5.10. The number of hydrogen-bond donors (Lipinski definition) is 2. The third-order valence-electron chi connectivity index (χ3n) is 3.71. The smallest absolute Gasteiger partial charge is 0.303 e. The van der Waals surface area contributed by atoms with Crippen LogP contribution >= 0.6 is 11.8 Å². The van der Waals surface area contributed by atoms with Gasteiger partial charge in [0.1, 0.15) is 0 Å². The Balaban J connectivity index is 1.60. The normalized spacial score (nSPS) is 21.9. The van der Waals surface area contributed by atoms with Crippen molar-refractivity contribution in [2.45, 2.75) is 38.1 Å². The molecule has 0 spiro atoms. The van der Waals surface area contributed by atoms with Crippen LogP contribution in [0.3, 0.4) is 0 Å². The summed E-state index contributed by atoms with van der Waals surface area (Å²) in [5.41, 5.74) is -0.0323. The van der Waals surface area contributed by atoms with Crippen LogP contribution in [0.2, 0.25) is 0 Å². The van der Waals surface area contributed by atoms with Crippen molar-refractivity contribution in [3.8, 4) is 0 Å². The van der Waals surface area contributed by atoms with E-state index in [1.54, 1.807) is 11.8 Å². The number of carbonyl (C=O) groups is 2. The van der Waals surface area contributed by atoms with Gasteiger partial charge in [-0.3, -0.25) is 9.59 Å². The van der Waals surface area contributed by atoms with Gasteiger partial charge in [0.05, 0.1) is 12.2 Å². The van der Waals surface area contributed by atoms with Crippen molar-refractivity contribution >= 4 is 23.6 Å². The second-order valence-corrected chi connectivity index (χ2v) is 6.50. The van der Waals surface area contributed by atoms with Crippen LogP contribution in [0.15, 0.2) is 0 Å². The molecular weight excluding hydrogens is 266 g/mol. The van der Waals surface area contributed by atoms with Crippen molar-refractivity contribution < 1.29 is 19.4 Å². The Labute approximate surface area is 117 Å². The maximum atomic E-state index is 11.8. The van der Waals surface area contributed by atoms with Gasteiger partial charge in [0.25, 0.3) is 0 Å². The van der Waals surface area contributed by atoms with Crippen molar-refractivity contribution in [3.05, 3.63) is 0 Å². The number of hydrogen-bond acceptors (Lipinski definition) is 4. The number of carboxylic acids is 1. The van der Waals surface area contributed by atoms with Gasteiger partial charge in [0.2, 0.25) is 5.91 Å². The molecule has 1 amide bonds. The molecular formula is C13H21NO4S. The largest absolute Gasteiger partial charge is 0.481 e. The topological polar surface area (TPSA) is 75.6 Å². The molecule has 108 valence electrons. The van der Waals surface area contributed by atoms with Gasteiger partial charge < -0.3 is 15.2 Å². The summed E-state index contributed by atoms with van der Waals surface area (Å²) >= 11 is 1.55. The highest BCUT2D eigenvalue weighted by Gasteiger charge is 2.44. The summed E-state index contributed by atoms with van der Waals surface area (Å²) in [7, 11) is 0. The number of aliphatic carboxylic acids is 1. The Morgan fingerprint density at radius 3 is 2.58 bits per heavy atom. The minimum Gasteiger partial charge on any atom is -0.481 e. The minimum absolute atomic E-state index is 0.0323. The Bertz CT molecular complexity index is 338. The van der Waals surface area contributed by atoms with Crippen LogP contribution in [0.5, 0.6) is 0 Å². The molecule has 1 aliphatic carbocycles. The molecule has 0 radical (unpaired) electrons. The van der Waals surface area contributed by atoms with Gasteiger partial charge in [0, 0.05) is 19.3 Å². The molecule has 2 rings (SSSR count). The second-order valence-electron chi connectivity index (χ2n) is 5.52. The van der Waals surface area contributed by atoms with E-state index in [9.17, 15) is 9.59 Å². The zero-order valence-corrected chi connectivity index (χ0v) is 11.8. The van der Waals surface area contributed by atoms with Crippen LogP contribution in [-0.2, 0) is 14.3 Å². The molecule has 19 heavy (non-hydrogen) atoms. The average molecular weight is 287 g/mol. The maximum absolute atomic E-state index is 11.8. The van der Waals surface area contributed by atoms with Crippen molar-refractivity contribution in [1.82, 2.24) is 5.32 Å². The Morgan fingerprint density at radius 2 is 2.00 bits per heavy atom. The fraction of sp³-hybridized carbons (Fsp3) is 0.846. The number of nitrogens with one attached hydrogen (secondary N) is 1. The van der Waals surface area contributed by atoms with Gasteiger partial charge in [-0.1, -0.05) is 0 Å². The Hall–Kier alpha value is -0.750. The molecule has 0 bridgehead atoms. The summed E-state index contributed by atoms with van der Waals surface area (Å²) in [6.45, 7) is 1.44. The van der Waals surface area contributed by atoms with Gasteiger partial charge in [-0.05, 0) is 36.9 Å². The zero-order chi connectivity index (χ0) is 13.7. The van der Waals surface area contributed by atoms with E-state index in [0.29, 0.717) is 5.75 Å². The number of thioether (sulfide) groups is 1. The first-order valence-corrected chi connectivity index (χ1v) is 7.92. The van der Waals surface area contributed by atoms with Gasteiger partial charge in [-0.2, -0.15) is 11.8 Å². The molecule has 0 atom stereocenters. The van der Waals surface area contributed by atoms with Crippen molar-refractivity contribution in [3.63, 3.8) is 0 Å². The van der Waals surface area contributed by atoms with Gasteiger partial charge in [-0.15, -0.1) is 0 Å². The van der Waals surface area contributed by atoms with Gasteiger partial charge >= 0.3 is 5.97 Å². The fourth-order valence-corrected chi connectivity index (χ4v) is 3.54. The SMILES string of the molecule is O=C(O)CC1(CSCC(=O)NC2CCOCC2)CC1. The molecule has 0 unspecified atom stereocenters. The van der Waals surface area contributed by atoms with E-state index in [-0.39, 0.29) is 23.8 Å². The standard InChI is InChI=1S/C13H21NO4S/c15-11(14-10-1-5-18-6-2-10)8-19-9-13(3-4-13)7-12(16)17/h10H,1-9H2,(H,14,15)(H,16,17). The number of rotatable bonds is 7. The summed E-state index contributed by atoms with van der Waals surface area (Å²) in [4.78, 5) is 22.5. The monoisotopic (exact) mass is 287 g/mol. The zero-order valence-electron chi connectivity index (χ0n) is 11.0. The first kappa shape index (κ1) is 14.7. The third kappa shape index (κ3) is 5.03. The quantitative estimate of drug-likeness (QED) is 0.737. The van der Waals surface area contributed by atoms with Crippen LogP contribution in [0.1, 0.15) is 32.1 Å². The average Bonchev–Trinajstić information content (AvgIpc) is 3.09. The highest BCUT2D eigenvalue weighted by Crippen LogP contribution is 2.50. The van der Waals surface area contributed by atoms with E-state index in [1.807, 2.05) is 0 Å². The molecule has 0 aromatic carbocycles. The van der Waals surface area contributed by atoms with Crippen LogP contribution in [0.25, 0.3) is 0 Å². The van der Waals surface area contributed by atoms with E-state index >= 15 is 0 Å². The number of carboxylic acid groups (broad SMARTS) is 1. The van der Waals surface area contributed by atoms with Crippen molar-refractivity contribution in [2.24, 2.45) is 5.41 Å². The highest BCUT2D eigenvalue weighted by atomic mass is 32.2. The molecule has 1 aliphatic heterocycles. The number of carbonyl (C=O) groups excluding carboxylic acids is 1. The van der Waals surface area contributed by atoms with Crippen LogP contribution in [0, 0.1) is 5.41 Å². The second kappa shape index (κ2) is 6.61. The molecule has 2 aliphatic rings. The minimum atomic E-state index is -0.732. The molecule has 2 fully saturated rings. The molecule has 0 aromatic heterocycles. The van der Waals surface area contributed by atoms with Crippen molar-refractivity contribution in [2.75, 3.05) is 24.7 Å². The third-order valence-corrected chi connectivity index (χ3v) is 4.99. The number of amides is 1. The van der Waals surface area contributed by atoms with E-state index in [2.05, 4.69) is 5.32 Å². The van der Waals surface area contributed by atoms with Crippen LogP contribution < -0.4 is 5.32 Å². The highest BCUT2D eigenvalue weighted by molar-refractivity contribution is 7.99. The molecule has 2 N–H and O–H groups in total. The van der Waals surface area contributed by atoms with Gasteiger partial charge in [0.15, 0.2) is 0 Å². The van der Waals surface area contributed by atoms with Crippen LogP contribution in [0.4, 0.5) is 0 Å². The van der Waals surface area contributed by atoms with E-state index < -0.39 is 5.97 Å². The lowest BCUT2D eigenvalue weighted by atomic mass is 10.1. The lowest BCUT2D eigenvalue weighted by molar-refractivity contribution is -0.138. The predicted octanol–water partition coefficient (Wildman–Crippen LogP) is 1.27. The van der Waals surface area contributed by atoms with Crippen molar-refractivity contribution in [1.29, 1.82) is 0 Å². The van der Waals surface area contributed by atoms with E-state index in [4.69, 9.17) is 9.84 Å². The molecule has 0 aromatic rings. The summed E-state index contributed by atoms with van der Waals surface area (Å²) in [6, 6.07) is 0.246. The molecule has 1 saturated heterocycles. The molecule has 1 saturated carbocycles. The first-order valence-electron chi connectivity index (χ1n) is 6.76. The number of ether oxygens (including phenoxy) is 1. The summed E-state index contributed by atoms with van der Waals surface area (Å²) in [6.07, 6.45) is 3.97. The Morgan fingerprint density at radius 1 is 1.32 bits per heavy atom. The van der Waals surface area contributed by atoms with E-state index in [1.165, 1.54) is 0 Å².